The van der Waals surface area contributed by atoms with Crippen LogP contribution in [0.25, 0.3) is 0 Å². The molecule has 0 bridgehead atoms. The molecular weight excluding hydrogens is 232 g/mol. The topological polar surface area (TPSA) is 29.3 Å². The minimum Gasteiger partial charge on any atom is -0.374 e. The first-order chi connectivity index (χ1) is 9.19. The summed E-state index contributed by atoms with van der Waals surface area (Å²) in [6.07, 6.45) is 7.39. The van der Waals surface area contributed by atoms with Crippen molar-refractivity contribution in [3.8, 4) is 0 Å². The van der Waals surface area contributed by atoms with Gasteiger partial charge in [-0.05, 0) is 55.7 Å². The van der Waals surface area contributed by atoms with Crippen LogP contribution >= 0.6 is 0 Å². The van der Waals surface area contributed by atoms with Gasteiger partial charge in [-0.2, -0.15) is 0 Å². The maximum absolute atomic E-state index is 5.97. The number of anilines is 1. The van der Waals surface area contributed by atoms with Crippen molar-refractivity contribution in [3.05, 3.63) is 29.8 Å². The van der Waals surface area contributed by atoms with Crippen molar-refractivity contribution in [2.24, 2.45) is 11.7 Å². The summed E-state index contributed by atoms with van der Waals surface area (Å²) >= 11 is 0. The lowest BCUT2D eigenvalue weighted by Crippen LogP contribution is -2.32. The van der Waals surface area contributed by atoms with Crippen molar-refractivity contribution in [1.29, 1.82) is 0 Å². The van der Waals surface area contributed by atoms with Crippen LogP contribution < -0.4 is 10.6 Å². The largest absolute Gasteiger partial charge is 0.374 e. The number of hydrogen-bond donors (Lipinski definition) is 1. The van der Waals surface area contributed by atoms with E-state index in [1.807, 2.05) is 0 Å². The molecule has 2 rings (SSSR count). The Balaban J connectivity index is 1.86. The van der Waals surface area contributed by atoms with E-state index in [2.05, 4.69) is 43.1 Å². The molecule has 0 heterocycles. The third-order valence-electron chi connectivity index (χ3n) is 4.34. The monoisotopic (exact) mass is 260 g/mol. The second kappa shape index (κ2) is 6.95. The van der Waals surface area contributed by atoms with Crippen LogP contribution in [0, 0.1) is 5.92 Å². The Hall–Kier alpha value is -1.02. The van der Waals surface area contributed by atoms with Gasteiger partial charge in [0.1, 0.15) is 0 Å². The molecule has 1 aliphatic carbocycles. The van der Waals surface area contributed by atoms with Crippen molar-refractivity contribution in [3.63, 3.8) is 0 Å². The lowest BCUT2D eigenvalue weighted by Gasteiger charge is -2.30. The lowest BCUT2D eigenvalue weighted by atomic mass is 9.86. The van der Waals surface area contributed by atoms with Crippen molar-refractivity contribution in [2.45, 2.75) is 51.5 Å². The first kappa shape index (κ1) is 14.4. The van der Waals surface area contributed by atoms with Gasteiger partial charge >= 0.3 is 0 Å². The average molecular weight is 260 g/mol. The van der Waals surface area contributed by atoms with Crippen LogP contribution in [0.4, 0.5) is 5.69 Å². The number of rotatable bonds is 5. The van der Waals surface area contributed by atoms with E-state index in [1.165, 1.54) is 56.3 Å². The van der Waals surface area contributed by atoms with E-state index in [1.54, 1.807) is 0 Å². The first-order valence-corrected chi connectivity index (χ1v) is 7.74. The molecule has 0 spiro atoms. The molecule has 2 N–H and O–H groups in total. The van der Waals surface area contributed by atoms with Crippen LogP contribution in [0.2, 0.25) is 0 Å². The summed E-state index contributed by atoms with van der Waals surface area (Å²) in [5.41, 5.74) is 8.76. The predicted octanol–water partition coefficient (Wildman–Crippen LogP) is 3.59. The van der Waals surface area contributed by atoms with Crippen molar-refractivity contribution < 1.29 is 0 Å². The van der Waals surface area contributed by atoms with Gasteiger partial charge in [0.05, 0.1) is 0 Å². The van der Waals surface area contributed by atoms with Gasteiger partial charge in [0.15, 0.2) is 0 Å². The van der Waals surface area contributed by atoms with Gasteiger partial charge in [-0.25, -0.2) is 0 Å². The molecule has 106 valence electrons. The molecule has 2 heteroatoms. The maximum atomic E-state index is 5.97. The summed E-state index contributed by atoms with van der Waals surface area (Å²) in [4.78, 5) is 2.40. The van der Waals surface area contributed by atoms with Gasteiger partial charge in [-0.1, -0.05) is 25.5 Å². The summed E-state index contributed by atoms with van der Waals surface area (Å²) in [6, 6.07) is 9.52. The quantitative estimate of drug-likeness (QED) is 0.876. The van der Waals surface area contributed by atoms with Crippen LogP contribution in [-0.2, 0) is 6.42 Å². The zero-order valence-corrected chi connectivity index (χ0v) is 12.4. The molecule has 1 aromatic carbocycles. The lowest BCUT2D eigenvalue weighted by molar-refractivity contribution is 0.330. The summed E-state index contributed by atoms with van der Waals surface area (Å²) in [5.74, 6) is 0.820. The molecular formula is C17H28N2. The van der Waals surface area contributed by atoms with E-state index < -0.39 is 0 Å². The SMILES string of the molecule is CCCc1ccc(N(C)CC2CCC(N)CC2)cc1. The molecule has 0 aliphatic heterocycles. The fourth-order valence-electron chi connectivity index (χ4n) is 3.07. The second-order valence-corrected chi connectivity index (χ2v) is 6.08. The first-order valence-electron chi connectivity index (χ1n) is 7.74. The van der Waals surface area contributed by atoms with E-state index >= 15 is 0 Å². The van der Waals surface area contributed by atoms with Gasteiger partial charge in [0, 0.05) is 25.3 Å². The van der Waals surface area contributed by atoms with E-state index in [0.717, 1.165) is 5.92 Å². The van der Waals surface area contributed by atoms with Gasteiger partial charge < -0.3 is 10.6 Å². The predicted molar refractivity (Wildman–Crippen MR) is 83.6 cm³/mol. The Labute approximate surface area is 118 Å². The molecule has 0 atom stereocenters. The highest BCUT2D eigenvalue weighted by molar-refractivity contribution is 5.46. The average Bonchev–Trinajstić information content (AvgIpc) is 2.42. The Morgan fingerprint density at radius 3 is 2.32 bits per heavy atom. The zero-order valence-electron chi connectivity index (χ0n) is 12.4. The zero-order chi connectivity index (χ0) is 13.7. The number of benzene rings is 1. The van der Waals surface area contributed by atoms with Crippen molar-refractivity contribution >= 4 is 5.69 Å². The molecule has 2 nitrogen and oxygen atoms in total. The molecule has 1 aliphatic rings. The minimum atomic E-state index is 0.454. The smallest absolute Gasteiger partial charge is 0.0363 e. The molecule has 0 unspecified atom stereocenters. The van der Waals surface area contributed by atoms with E-state index in [4.69, 9.17) is 5.73 Å². The highest BCUT2D eigenvalue weighted by atomic mass is 15.1. The molecule has 19 heavy (non-hydrogen) atoms. The Morgan fingerprint density at radius 1 is 1.11 bits per heavy atom. The Kier molecular flexibility index (Phi) is 5.26. The Bertz CT molecular complexity index is 363. The summed E-state index contributed by atoms with van der Waals surface area (Å²) < 4.78 is 0. The second-order valence-electron chi connectivity index (χ2n) is 6.08. The highest BCUT2D eigenvalue weighted by Gasteiger charge is 2.19. The molecule has 0 amide bonds. The van der Waals surface area contributed by atoms with E-state index in [0.29, 0.717) is 6.04 Å². The fraction of sp³-hybridized carbons (Fsp3) is 0.647. The molecule has 1 fully saturated rings. The summed E-state index contributed by atoms with van der Waals surface area (Å²) in [6.45, 7) is 3.40. The van der Waals surface area contributed by atoms with Crippen LogP contribution in [0.15, 0.2) is 24.3 Å². The van der Waals surface area contributed by atoms with Crippen LogP contribution in [0.5, 0.6) is 0 Å². The number of nitrogens with two attached hydrogens (primary N) is 1. The number of nitrogens with zero attached hydrogens (tertiary/aromatic N) is 1. The standard InChI is InChI=1S/C17H28N2/c1-3-4-14-7-11-17(12-8-14)19(2)13-15-5-9-16(18)10-6-15/h7-8,11-12,15-16H,3-6,9-10,13,18H2,1-2H3. The summed E-state index contributed by atoms with van der Waals surface area (Å²) in [7, 11) is 2.21. The minimum absolute atomic E-state index is 0.454. The van der Waals surface area contributed by atoms with Gasteiger partial charge in [-0.3, -0.25) is 0 Å². The van der Waals surface area contributed by atoms with Gasteiger partial charge in [0.25, 0.3) is 0 Å². The molecule has 0 aromatic heterocycles. The van der Waals surface area contributed by atoms with Crippen LogP contribution in [0.1, 0.15) is 44.6 Å². The van der Waals surface area contributed by atoms with Crippen molar-refractivity contribution in [1.82, 2.24) is 0 Å². The van der Waals surface area contributed by atoms with Crippen molar-refractivity contribution in [2.75, 3.05) is 18.5 Å². The van der Waals surface area contributed by atoms with E-state index in [-0.39, 0.29) is 0 Å². The normalized spacial score (nSPS) is 23.3. The van der Waals surface area contributed by atoms with Crippen LogP contribution in [0.3, 0.4) is 0 Å². The number of hydrogen-bond acceptors (Lipinski definition) is 2. The third kappa shape index (κ3) is 4.24. The van der Waals surface area contributed by atoms with E-state index in [9.17, 15) is 0 Å². The number of aryl methyl sites for hydroxylation is 1. The highest BCUT2D eigenvalue weighted by Crippen LogP contribution is 2.25. The summed E-state index contributed by atoms with van der Waals surface area (Å²) in [5, 5.41) is 0. The molecule has 0 radical (unpaired) electrons. The Morgan fingerprint density at radius 2 is 1.74 bits per heavy atom. The molecule has 0 saturated heterocycles. The fourth-order valence-corrected chi connectivity index (χ4v) is 3.07. The van der Waals surface area contributed by atoms with Crippen LogP contribution in [-0.4, -0.2) is 19.6 Å². The molecule has 1 aromatic rings. The van der Waals surface area contributed by atoms with Gasteiger partial charge in [-0.15, -0.1) is 0 Å². The molecule has 1 saturated carbocycles. The third-order valence-corrected chi connectivity index (χ3v) is 4.34. The van der Waals surface area contributed by atoms with Gasteiger partial charge in [0.2, 0.25) is 0 Å². The maximum Gasteiger partial charge on any atom is 0.0363 e.